The number of rotatable bonds is 7. The van der Waals surface area contributed by atoms with Gasteiger partial charge in [-0.05, 0) is 23.8 Å². The number of halogens is 1. The second-order valence-corrected chi connectivity index (χ2v) is 7.53. The summed E-state index contributed by atoms with van der Waals surface area (Å²) in [6, 6.07) is 12.8. The zero-order chi connectivity index (χ0) is 20.8. The Kier molecular flexibility index (Phi) is 6.53. The van der Waals surface area contributed by atoms with E-state index in [1.54, 1.807) is 12.3 Å². The van der Waals surface area contributed by atoms with Crippen molar-refractivity contribution in [2.75, 3.05) is 11.9 Å². The molecule has 8 nitrogen and oxygen atoms in total. The average Bonchev–Trinajstić information content (AvgIpc) is 3.12. The van der Waals surface area contributed by atoms with E-state index in [4.69, 9.17) is 11.6 Å². The van der Waals surface area contributed by atoms with Crippen molar-refractivity contribution in [3.05, 3.63) is 85.9 Å². The van der Waals surface area contributed by atoms with Crippen LogP contribution in [0.5, 0.6) is 0 Å². The van der Waals surface area contributed by atoms with Crippen molar-refractivity contribution in [3.63, 3.8) is 0 Å². The van der Waals surface area contributed by atoms with Crippen molar-refractivity contribution >= 4 is 45.6 Å². The monoisotopic (exact) mass is 430 g/mol. The second-order valence-electron chi connectivity index (χ2n) is 5.98. The van der Waals surface area contributed by atoms with Gasteiger partial charge < -0.3 is 10.6 Å². The molecule has 2 N–H and O–H groups in total. The first-order chi connectivity index (χ1) is 13.9. The number of nitro benzene ring substituents is 1. The first-order valence-corrected chi connectivity index (χ1v) is 9.62. The fourth-order valence-electron chi connectivity index (χ4n) is 2.48. The maximum atomic E-state index is 12.1. The summed E-state index contributed by atoms with van der Waals surface area (Å²) in [6.07, 6.45) is 2.31. The number of carbonyl (C=O) groups excluding carboxylic acids is 2. The van der Waals surface area contributed by atoms with E-state index in [0.717, 1.165) is 16.5 Å². The normalized spacial score (nSPS) is 10.4. The molecule has 0 radical (unpaired) electrons. The van der Waals surface area contributed by atoms with Crippen LogP contribution >= 0.6 is 22.9 Å². The van der Waals surface area contributed by atoms with Gasteiger partial charge in [0.25, 0.3) is 11.6 Å². The van der Waals surface area contributed by atoms with Crippen molar-refractivity contribution in [2.45, 2.75) is 6.42 Å². The van der Waals surface area contributed by atoms with Crippen LogP contribution in [0.1, 0.15) is 20.8 Å². The Morgan fingerprint density at radius 2 is 1.97 bits per heavy atom. The summed E-state index contributed by atoms with van der Waals surface area (Å²) in [4.78, 5) is 39.4. The van der Waals surface area contributed by atoms with Crippen LogP contribution in [0.4, 0.5) is 10.8 Å². The summed E-state index contributed by atoms with van der Waals surface area (Å²) in [5.41, 5.74) is 0.936. The van der Waals surface area contributed by atoms with E-state index < -0.39 is 16.7 Å². The Morgan fingerprint density at radius 3 is 2.72 bits per heavy atom. The lowest BCUT2D eigenvalue weighted by molar-refractivity contribution is -0.384. The number of hydrogen-bond donors (Lipinski definition) is 2. The molecule has 0 aliphatic carbocycles. The quantitative estimate of drug-likeness (QED) is 0.438. The molecule has 0 atom stereocenters. The maximum absolute atomic E-state index is 12.1. The van der Waals surface area contributed by atoms with Gasteiger partial charge in [-0.15, -0.1) is 11.3 Å². The molecule has 2 amide bonds. The standard InChI is InChI=1S/C19H15ClN4O4S/c20-14-5-1-3-12(7-14)8-16-10-22-19(29-16)23-17(25)11-21-18(26)13-4-2-6-15(9-13)24(27)28/h1-7,9-10H,8,11H2,(H,21,26)(H,22,23,25). The van der Waals surface area contributed by atoms with Gasteiger partial charge in [-0.3, -0.25) is 19.7 Å². The zero-order valence-electron chi connectivity index (χ0n) is 14.9. The van der Waals surface area contributed by atoms with Crippen molar-refractivity contribution in [3.8, 4) is 0 Å². The fourth-order valence-corrected chi connectivity index (χ4v) is 3.56. The average molecular weight is 431 g/mol. The molecule has 10 heteroatoms. The molecule has 0 saturated heterocycles. The van der Waals surface area contributed by atoms with Gasteiger partial charge in [0.15, 0.2) is 5.13 Å². The van der Waals surface area contributed by atoms with Crippen LogP contribution in [0.15, 0.2) is 54.7 Å². The summed E-state index contributed by atoms with van der Waals surface area (Å²) >= 11 is 7.30. The SMILES string of the molecule is O=C(CNC(=O)c1cccc([N+](=O)[O-])c1)Nc1ncc(Cc2cccc(Cl)c2)s1. The van der Waals surface area contributed by atoms with Gasteiger partial charge in [-0.25, -0.2) is 4.98 Å². The van der Waals surface area contributed by atoms with E-state index >= 15 is 0 Å². The van der Waals surface area contributed by atoms with Gasteiger partial charge in [0.05, 0.1) is 11.5 Å². The molecule has 29 heavy (non-hydrogen) atoms. The lowest BCUT2D eigenvalue weighted by atomic mass is 10.1. The van der Waals surface area contributed by atoms with Gasteiger partial charge >= 0.3 is 0 Å². The van der Waals surface area contributed by atoms with Crippen molar-refractivity contribution in [1.29, 1.82) is 0 Å². The van der Waals surface area contributed by atoms with Crippen LogP contribution in [0.3, 0.4) is 0 Å². The molecule has 1 heterocycles. The largest absolute Gasteiger partial charge is 0.343 e. The van der Waals surface area contributed by atoms with Crippen LogP contribution in [-0.2, 0) is 11.2 Å². The van der Waals surface area contributed by atoms with Crippen molar-refractivity contribution in [2.24, 2.45) is 0 Å². The molecule has 0 aliphatic rings. The summed E-state index contributed by atoms with van der Waals surface area (Å²) in [5, 5.41) is 16.9. The number of aromatic nitrogens is 1. The van der Waals surface area contributed by atoms with Crippen molar-refractivity contribution < 1.29 is 14.5 Å². The summed E-state index contributed by atoms with van der Waals surface area (Å²) in [7, 11) is 0. The summed E-state index contributed by atoms with van der Waals surface area (Å²) in [6.45, 7) is -0.287. The molecular weight excluding hydrogens is 416 g/mol. The van der Waals surface area contributed by atoms with E-state index in [-0.39, 0.29) is 17.8 Å². The third-order valence-electron chi connectivity index (χ3n) is 3.80. The van der Waals surface area contributed by atoms with E-state index in [1.807, 2.05) is 18.2 Å². The third kappa shape index (κ3) is 5.84. The number of benzene rings is 2. The van der Waals surface area contributed by atoms with Crippen LogP contribution in [0, 0.1) is 10.1 Å². The molecule has 3 rings (SSSR count). The lowest BCUT2D eigenvalue weighted by Crippen LogP contribution is -2.32. The first kappa shape index (κ1) is 20.4. The Bertz CT molecular complexity index is 1070. The molecule has 0 saturated carbocycles. The van der Waals surface area contributed by atoms with Gasteiger partial charge in [0.2, 0.25) is 5.91 Å². The Labute approximate surface area is 174 Å². The highest BCUT2D eigenvalue weighted by molar-refractivity contribution is 7.15. The second kappa shape index (κ2) is 9.26. The number of non-ortho nitro benzene ring substituents is 1. The maximum Gasteiger partial charge on any atom is 0.270 e. The van der Waals surface area contributed by atoms with Crippen LogP contribution in [0.25, 0.3) is 0 Å². The molecule has 0 aliphatic heterocycles. The number of nitro groups is 1. The topological polar surface area (TPSA) is 114 Å². The van der Waals surface area contributed by atoms with Crippen molar-refractivity contribution in [1.82, 2.24) is 10.3 Å². The van der Waals surface area contributed by atoms with Gasteiger partial charge in [-0.2, -0.15) is 0 Å². The highest BCUT2D eigenvalue weighted by Crippen LogP contribution is 2.22. The number of hydrogen-bond acceptors (Lipinski definition) is 6. The molecule has 1 aromatic heterocycles. The zero-order valence-corrected chi connectivity index (χ0v) is 16.5. The highest BCUT2D eigenvalue weighted by Gasteiger charge is 2.13. The molecule has 0 fully saturated rings. The Hall–Kier alpha value is -3.30. The van der Waals surface area contributed by atoms with E-state index in [0.29, 0.717) is 16.6 Å². The summed E-state index contributed by atoms with van der Waals surface area (Å²) < 4.78 is 0. The molecule has 2 aromatic carbocycles. The summed E-state index contributed by atoms with van der Waals surface area (Å²) in [5.74, 6) is -1.03. The molecule has 0 unspecified atom stereocenters. The number of nitrogens with zero attached hydrogens (tertiary/aromatic N) is 2. The number of amides is 2. The predicted octanol–water partition coefficient (Wildman–Crippen LogP) is 3.66. The predicted molar refractivity (Wildman–Crippen MR) is 110 cm³/mol. The molecule has 0 spiro atoms. The van der Waals surface area contributed by atoms with E-state index in [1.165, 1.54) is 29.5 Å². The minimum Gasteiger partial charge on any atom is -0.343 e. The Morgan fingerprint density at radius 1 is 1.17 bits per heavy atom. The lowest BCUT2D eigenvalue weighted by Gasteiger charge is -2.05. The number of anilines is 1. The molecular formula is C19H15ClN4O4S. The number of carbonyl (C=O) groups is 2. The highest BCUT2D eigenvalue weighted by atomic mass is 35.5. The first-order valence-electron chi connectivity index (χ1n) is 8.42. The molecule has 3 aromatic rings. The Balaban J connectivity index is 1.52. The van der Waals surface area contributed by atoms with Gasteiger partial charge in [0, 0.05) is 40.2 Å². The van der Waals surface area contributed by atoms with Gasteiger partial charge in [-0.1, -0.05) is 29.8 Å². The third-order valence-corrected chi connectivity index (χ3v) is 4.94. The number of nitrogens with one attached hydrogen (secondary N) is 2. The van der Waals surface area contributed by atoms with Crippen LogP contribution in [0.2, 0.25) is 5.02 Å². The van der Waals surface area contributed by atoms with E-state index in [2.05, 4.69) is 15.6 Å². The number of thiazole rings is 1. The van der Waals surface area contributed by atoms with Crippen LogP contribution in [-0.4, -0.2) is 28.3 Å². The minimum atomic E-state index is -0.590. The smallest absolute Gasteiger partial charge is 0.270 e. The minimum absolute atomic E-state index is 0.102. The molecule has 148 valence electrons. The van der Waals surface area contributed by atoms with Gasteiger partial charge in [0.1, 0.15) is 0 Å². The molecule has 0 bridgehead atoms. The fraction of sp³-hybridized carbons (Fsp3) is 0.105. The van der Waals surface area contributed by atoms with Crippen LogP contribution < -0.4 is 10.6 Å². The van der Waals surface area contributed by atoms with E-state index in [9.17, 15) is 19.7 Å².